The van der Waals surface area contributed by atoms with Crippen molar-refractivity contribution in [2.24, 2.45) is 0 Å². The average Bonchev–Trinajstić information content (AvgIpc) is 2.52. The molecule has 3 rings (SSSR count). The summed E-state index contributed by atoms with van der Waals surface area (Å²) in [4.78, 5) is 19.1. The molecule has 2 heterocycles. The molecule has 0 radical (unpaired) electrons. The molecule has 1 aromatic carbocycles. The van der Waals surface area contributed by atoms with E-state index in [1.54, 1.807) is 0 Å². The maximum Gasteiger partial charge on any atom is 0.239 e. The third-order valence-electron chi connectivity index (χ3n) is 3.38. The molecule has 2 aliphatic heterocycles. The fourth-order valence-electron chi connectivity index (χ4n) is 2.54. The molecule has 1 unspecified atom stereocenters. The lowest BCUT2D eigenvalue weighted by Gasteiger charge is -2.35. The Labute approximate surface area is 108 Å². The number of hydrogen-bond acceptors (Lipinski definition) is 3. The van der Waals surface area contributed by atoms with Gasteiger partial charge in [-0.05, 0) is 23.6 Å². The van der Waals surface area contributed by atoms with Gasteiger partial charge in [0, 0.05) is 11.0 Å². The van der Waals surface area contributed by atoms with E-state index in [2.05, 4.69) is 27.5 Å². The Bertz CT molecular complexity index is 464. The quantitative estimate of drug-likeness (QED) is 0.787. The second kappa shape index (κ2) is 4.40. The van der Waals surface area contributed by atoms with E-state index < -0.39 is 0 Å². The van der Waals surface area contributed by atoms with Gasteiger partial charge in [0.1, 0.15) is 6.54 Å². The first-order chi connectivity index (χ1) is 8.27. The summed E-state index contributed by atoms with van der Waals surface area (Å²) in [5.41, 5.74) is 5.19. The zero-order valence-electron chi connectivity index (χ0n) is 9.28. The lowest BCUT2D eigenvalue weighted by atomic mass is 9.93. The highest BCUT2D eigenvalue weighted by Crippen LogP contribution is 2.34. The van der Waals surface area contributed by atoms with Crippen molar-refractivity contribution in [1.29, 1.82) is 0 Å². The first-order valence-corrected chi connectivity index (χ1v) is 6.48. The molecule has 5 heteroatoms. The Morgan fingerprint density at radius 1 is 1.47 bits per heavy atom. The van der Waals surface area contributed by atoms with Gasteiger partial charge in [0.05, 0.1) is 12.6 Å². The summed E-state index contributed by atoms with van der Waals surface area (Å²) in [7, 11) is 0. The predicted molar refractivity (Wildman–Crippen MR) is 66.3 cm³/mol. The van der Waals surface area contributed by atoms with Crippen LogP contribution in [0.5, 0.6) is 0 Å². The minimum atomic E-state index is 0.0405. The molecule has 0 bridgehead atoms. The van der Waals surface area contributed by atoms with Crippen molar-refractivity contribution in [1.82, 2.24) is 10.4 Å². The minimum Gasteiger partial charge on any atom is -0.332 e. The molecule has 0 aromatic heterocycles. The number of carbonyl (C=O) groups is 1. The molecule has 1 aromatic rings. The van der Waals surface area contributed by atoms with Gasteiger partial charge in [-0.1, -0.05) is 28.1 Å². The Balaban J connectivity index is 2.04. The number of nitrogens with one attached hydrogen (secondary N) is 1. The number of fused-ring (bicyclic) bond motifs is 3. The number of halogens is 1. The second-order valence-corrected chi connectivity index (χ2v) is 5.15. The number of carbonyl (C=O) groups excluding carboxylic acids is 1. The zero-order chi connectivity index (χ0) is 11.8. The maximum absolute atomic E-state index is 11.9. The Morgan fingerprint density at radius 3 is 3.24 bits per heavy atom. The molecule has 0 aliphatic carbocycles. The summed E-state index contributed by atoms with van der Waals surface area (Å²) in [6.07, 6.45) is 0.902. The number of hydrogen-bond donors (Lipinski definition) is 1. The van der Waals surface area contributed by atoms with Crippen molar-refractivity contribution in [3.8, 4) is 0 Å². The second-order valence-electron chi connectivity index (χ2n) is 4.29. The molecule has 2 aliphatic rings. The van der Waals surface area contributed by atoms with Gasteiger partial charge in [-0.3, -0.25) is 9.63 Å². The molecule has 90 valence electrons. The van der Waals surface area contributed by atoms with Crippen molar-refractivity contribution >= 4 is 21.8 Å². The summed E-state index contributed by atoms with van der Waals surface area (Å²) in [6.45, 7) is 1.54. The van der Waals surface area contributed by atoms with E-state index in [1.807, 2.05) is 17.0 Å². The highest BCUT2D eigenvalue weighted by molar-refractivity contribution is 9.10. The van der Waals surface area contributed by atoms with E-state index in [0.29, 0.717) is 6.61 Å². The SMILES string of the molecule is O=C1CNOCC2c3cccc(Br)c3CCN12. The normalized spacial score (nSPS) is 23.9. The Morgan fingerprint density at radius 2 is 2.35 bits per heavy atom. The van der Waals surface area contributed by atoms with Gasteiger partial charge in [-0.15, -0.1) is 0 Å². The molecule has 0 saturated carbocycles. The summed E-state index contributed by atoms with van der Waals surface area (Å²) in [5.74, 6) is 0.109. The van der Waals surface area contributed by atoms with E-state index in [9.17, 15) is 4.79 Å². The fraction of sp³-hybridized carbons (Fsp3) is 0.417. The summed E-state index contributed by atoms with van der Waals surface area (Å²) < 4.78 is 1.12. The predicted octanol–water partition coefficient (Wildman–Crippen LogP) is 1.41. The van der Waals surface area contributed by atoms with Gasteiger partial charge >= 0.3 is 0 Å². The van der Waals surface area contributed by atoms with Crippen molar-refractivity contribution in [3.05, 3.63) is 33.8 Å². The Hall–Kier alpha value is -0.910. The summed E-state index contributed by atoms with van der Waals surface area (Å²) in [6, 6.07) is 6.18. The minimum absolute atomic E-state index is 0.0405. The van der Waals surface area contributed by atoms with Gasteiger partial charge < -0.3 is 4.90 Å². The fourth-order valence-corrected chi connectivity index (χ4v) is 3.12. The molecule has 1 saturated heterocycles. The molecule has 0 spiro atoms. The van der Waals surface area contributed by atoms with Gasteiger partial charge in [0.2, 0.25) is 5.91 Å². The van der Waals surface area contributed by atoms with Gasteiger partial charge in [0.25, 0.3) is 0 Å². The topological polar surface area (TPSA) is 41.6 Å². The monoisotopic (exact) mass is 296 g/mol. The molecular weight excluding hydrogens is 284 g/mol. The van der Waals surface area contributed by atoms with Crippen LogP contribution in [-0.4, -0.2) is 30.5 Å². The van der Waals surface area contributed by atoms with Crippen LogP contribution >= 0.6 is 15.9 Å². The number of amides is 1. The van der Waals surface area contributed by atoms with E-state index >= 15 is 0 Å². The first-order valence-electron chi connectivity index (χ1n) is 5.69. The van der Waals surface area contributed by atoms with Crippen LogP contribution in [0.25, 0.3) is 0 Å². The highest BCUT2D eigenvalue weighted by atomic mass is 79.9. The average molecular weight is 297 g/mol. The van der Waals surface area contributed by atoms with E-state index in [-0.39, 0.29) is 18.5 Å². The van der Waals surface area contributed by atoms with Crippen LogP contribution in [0.4, 0.5) is 0 Å². The van der Waals surface area contributed by atoms with Crippen LogP contribution in [0.2, 0.25) is 0 Å². The number of hydroxylamine groups is 1. The summed E-state index contributed by atoms with van der Waals surface area (Å²) >= 11 is 3.57. The number of benzene rings is 1. The van der Waals surface area contributed by atoms with E-state index in [0.717, 1.165) is 17.4 Å². The van der Waals surface area contributed by atoms with Crippen LogP contribution in [0.3, 0.4) is 0 Å². The molecule has 1 atom stereocenters. The maximum atomic E-state index is 11.9. The number of nitrogens with zero attached hydrogens (tertiary/aromatic N) is 1. The van der Waals surface area contributed by atoms with E-state index in [1.165, 1.54) is 11.1 Å². The van der Waals surface area contributed by atoms with Crippen LogP contribution in [-0.2, 0) is 16.1 Å². The largest absolute Gasteiger partial charge is 0.332 e. The molecule has 1 amide bonds. The van der Waals surface area contributed by atoms with Crippen LogP contribution < -0.4 is 5.48 Å². The third-order valence-corrected chi connectivity index (χ3v) is 4.12. The van der Waals surface area contributed by atoms with Crippen molar-refractivity contribution in [2.45, 2.75) is 12.5 Å². The lowest BCUT2D eigenvalue weighted by molar-refractivity contribution is -0.132. The van der Waals surface area contributed by atoms with Crippen LogP contribution in [0.15, 0.2) is 22.7 Å². The highest BCUT2D eigenvalue weighted by Gasteiger charge is 2.33. The zero-order valence-corrected chi connectivity index (χ0v) is 10.9. The summed E-state index contributed by atoms with van der Waals surface area (Å²) in [5, 5.41) is 0. The standard InChI is InChI=1S/C12H13BrN2O2/c13-10-3-1-2-9-8(10)4-5-15-11(9)7-17-14-6-12(15)16/h1-3,11,14H,4-7H2. The molecular formula is C12H13BrN2O2. The van der Waals surface area contributed by atoms with Crippen LogP contribution in [0.1, 0.15) is 17.2 Å². The van der Waals surface area contributed by atoms with Crippen molar-refractivity contribution < 1.29 is 9.63 Å². The first kappa shape index (κ1) is 11.2. The molecule has 1 fully saturated rings. The van der Waals surface area contributed by atoms with Gasteiger partial charge in [-0.25, -0.2) is 0 Å². The Kier molecular flexibility index (Phi) is 2.90. The van der Waals surface area contributed by atoms with Gasteiger partial charge in [0.15, 0.2) is 0 Å². The molecule has 1 N–H and O–H groups in total. The van der Waals surface area contributed by atoms with Gasteiger partial charge in [-0.2, -0.15) is 5.48 Å². The number of rotatable bonds is 0. The molecule has 4 nitrogen and oxygen atoms in total. The van der Waals surface area contributed by atoms with E-state index in [4.69, 9.17) is 4.84 Å². The lowest BCUT2D eigenvalue weighted by Crippen LogP contribution is -2.42. The molecule has 17 heavy (non-hydrogen) atoms. The van der Waals surface area contributed by atoms with Crippen LogP contribution in [0, 0.1) is 0 Å². The van der Waals surface area contributed by atoms with Crippen molar-refractivity contribution in [3.63, 3.8) is 0 Å². The smallest absolute Gasteiger partial charge is 0.239 e. The third kappa shape index (κ3) is 1.88. The van der Waals surface area contributed by atoms with Crippen molar-refractivity contribution in [2.75, 3.05) is 19.7 Å².